The van der Waals surface area contributed by atoms with Gasteiger partial charge in [-0.2, -0.15) is 5.26 Å². The maximum atomic E-state index is 10.9. The van der Waals surface area contributed by atoms with Crippen molar-refractivity contribution in [3.05, 3.63) is 0 Å². The average Bonchev–Trinajstić information content (AvgIpc) is 2.62. The second-order valence-corrected chi connectivity index (χ2v) is 3.97. The zero-order valence-corrected chi connectivity index (χ0v) is 6.79. The van der Waals surface area contributed by atoms with E-state index in [0.29, 0.717) is 12.3 Å². The summed E-state index contributed by atoms with van der Waals surface area (Å²) in [6.45, 7) is 0. The molecule has 0 aromatic rings. The lowest BCUT2D eigenvalue weighted by atomic mass is 9.74. The quantitative estimate of drug-likeness (QED) is 0.638. The van der Waals surface area contributed by atoms with Crippen molar-refractivity contribution in [1.29, 1.82) is 5.26 Å². The van der Waals surface area contributed by atoms with E-state index in [9.17, 15) is 4.79 Å². The summed E-state index contributed by atoms with van der Waals surface area (Å²) in [6.07, 6.45) is 3.61. The topological polar surface area (TPSA) is 61.1 Å². The summed E-state index contributed by atoms with van der Waals surface area (Å²) in [6, 6.07) is 2.01. The maximum absolute atomic E-state index is 10.9. The number of fused-ring (bicyclic) bond motifs is 2. The van der Waals surface area contributed by atoms with Crippen LogP contribution in [0, 0.1) is 28.6 Å². The Kier molecular flexibility index (Phi) is 1.41. The molecule has 3 heteroatoms. The summed E-state index contributed by atoms with van der Waals surface area (Å²) in [7, 11) is 0. The number of carbonyl (C=O) groups is 1. The van der Waals surface area contributed by atoms with Crippen LogP contribution in [0.4, 0.5) is 0 Å². The first-order valence-corrected chi connectivity index (χ1v) is 4.33. The van der Waals surface area contributed by atoms with Gasteiger partial charge in [-0.1, -0.05) is 6.42 Å². The molecule has 64 valence electrons. The molecule has 3 atom stereocenters. The van der Waals surface area contributed by atoms with Crippen molar-refractivity contribution in [2.24, 2.45) is 17.3 Å². The first-order valence-electron chi connectivity index (χ1n) is 4.33. The molecule has 2 aliphatic rings. The molecule has 0 heterocycles. The van der Waals surface area contributed by atoms with Crippen LogP contribution in [0.2, 0.25) is 0 Å². The SMILES string of the molecule is N#C[C@]1(C(=O)O)C[C@H]2CC[C@H]1C2. The second-order valence-electron chi connectivity index (χ2n) is 3.97. The van der Waals surface area contributed by atoms with Crippen molar-refractivity contribution < 1.29 is 9.90 Å². The molecular weight excluding hydrogens is 154 g/mol. The number of carboxylic acid groups (broad SMARTS) is 1. The lowest BCUT2D eigenvalue weighted by Crippen LogP contribution is -2.34. The highest BCUT2D eigenvalue weighted by Gasteiger charge is 2.56. The van der Waals surface area contributed by atoms with Gasteiger partial charge in [-0.15, -0.1) is 0 Å². The summed E-state index contributed by atoms with van der Waals surface area (Å²) in [5.41, 5.74) is -1.02. The van der Waals surface area contributed by atoms with Crippen molar-refractivity contribution >= 4 is 5.97 Å². The molecule has 2 saturated carbocycles. The van der Waals surface area contributed by atoms with Gasteiger partial charge in [0.2, 0.25) is 0 Å². The Labute approximate surface area is 71.0 Å². The summed E-state index contributed by atoms with van der Waals surface area (Å²) in [5.74, 6) is -0.270. The lowest BCUT2D eigenvalue weighted by Gasteiger charge is -2.25. The highest BCUT2D eigenvalue weighted by molar-refractivity contribution is 5.79. The van der Waals surface area contributed by atoms with Gasteiger partial charge in [0.05, 0.1) is 6.07 Å². The van der Waals surface area contributed by atoms with Crippen LogP contribution in [0.3, 0.4) is 0 Å². The highest BCUT2D eigenvalue weighted by atomic mass is 16.4. The molecule has 3 nitrogen and oxygen atoms in total. The van der Waals surface area contributed by atoms with Gasteiger partial charge >= 0.3 is 5.97 Å². The van der Waals surface area contributed by atoms with Gasteiger partial charge in [0, 0.05) is 0 Å². The zero-order valence-electron chi connectivity index (χ0n) is 6.79. The normalized spacial score (nSPS) is 44.2. The number of carboxylic acids is 1. The van der Waals surface area contributed by atoms with E-state index in [2.05, 4.69) is 0 Å². The van der Waals surface area contributed by atoms with Gasteiger partial charge in [0.15, 0.2) is 5.41 Å². The van der Waals surface area contributed by atoms with Crippen LogP contribution in [0.1, 0.15) is 25.7 Å². The first kappa shape index (κ1) is 7.60. The third-order valence-corrected chi connectivity index (χ3v) is 3.43. The van der Waals surface area contributed by atoms with Crippen LogP contribution in [-0.4, -0.2) is 11.1 Å². The van der Waals surface area contributed by atoms with E-state index in [4.69, 9.17) is 10.4 Å². The van der Waals surface area contributed by atoms with Crippen LogP contribution in [0.5, 0.6) is 0 Å². The molecule has 0 spiro atoms. The lowest BCUT2D eigenvalue weighted by molar-refractivity contribution is -0.148. The Morgan fingerprint density at radius 3 is 2.58 bits per heavy atom. The Morgan fingerprint density at radius 2 is 2.33 bits per heavy atom. The maximum Gasteiger partial charge on any atom is 0.324 e. The molecule has 12 heavy (non-hydrogen) atoms. The molecule has 0 unspecified atom stereocenters. The van der Waals surface area contributed by atoms with Gasteiger partial charge in [0.25, 0.3) is 0 Å². The predicted molar refractivity (Wildman–Crippen MR) is 41.1 cm³/mol. The van der Waals surface area contributed by atoms with Crippen LogP contribution in [0.25, 0.3) is 0 Å². The summed E-state index contributed by atoms with van der Waals surface area (Å²) < 4.78 is 0. The Bertz CT molecular complexity index is 268. The Hall–Kier alpha value is -1.04. The standard InChI is InChI=1S/C9H11NO2/c10-5-9(8(11)12)4-6-1-2-7(9)3-6/h6-7H,1-4H2,(H,11,12)/t6-,7-,9+/m0/s1. The van der Waals surface area contributed by atoms with E-state index in [-0.39, 0.29) is 5.92 Å². The summed E-state index contributed by atoms with van der Waals surface area (Å²) in [5, 5.41) is 17.8. The molecule has 2 rings (SSSR count). The van der Waals surface area contributed by atoms with E-state index in [0.717, 1.165) is 19.3 Å². The first-order chi connectivity index (χ1) is 5.69. The second kappa shape index (κ2) is 2.22. The smallest absolute Gasteiger partial charge is 0.324 e. The van der Waals surface area contributed by atoms with E-state index < -0.39 is 11.4 Å². The van der Waals surface area contributed by atoms with E-state index in [1.165, 1.54) is 0 Å². The van der Waals surface area contributed by atoms with Crippen molar-refractivity contribution in [3.8, 4) is 6.07 Å². The summed E-state index contributed by atoms with van der Waals surface area (Å²) >= 11 is 0. The average molecular weight is 165 g/mol. The molecule has 0 saturated heterocycles. The monoisotopic (exact) mass is 165 g/mol. The molecule has 2 aliphatic carbocycles. The molecule has 1 N–H and O–H groups in total. The van der Waals surface area contributed by atoms with E-state index >= 15 is 0 Å². The van der Waals surface area contributed by atoms with Gasteiger partial charge in [-0.3, -0.25) is 4.79 Å². The molecule has 2 fully saturated rings. The third-order valence-electron chi connectivity index (χ3n) is 3.43. The van der Waals surface area contributed by atoms with Crippen LogP contribution in [0.15, 0.2) is 0 Å². The molecule has 0 aromatic carbocycles. The van der Waals surface area contributed by atoms with Crippen LogP contribution >= 0.6 is 0 Å². The minimum absolute atomic E-state index is 0.130. The summed E-state index contributed by atoms with van der Waals surface area (Å²) in [4.78, 5) is 10.9. The van der Waals surface area contributed by atoms with Gasteiger partial charge in [0.1, 0.15) is 0 Å². The van der Waals surface area contributed by atoms with Crippen LogP contribution in [-0.2, 0) is 4.79 Å². The van der Waals surface area contributed by atoms with Gasteiger partial charge in [-0.25, -0.2) is 0 Å². The van der Waals surface area contributed by atoms with E-state index in [1.54, 1.807) is 0 Å². The van der Waals surface area contributed by atoms with Crippen molar-refractivity contribution in [2.45, 2.75) is 25.7 Å². The fourth-order valence-corrected chi connectivity index (χ4v) is 2.78. The number of nitriles is 1. The van der Waals surface area contributed by atoms with E-state index in [1.807, 2.05) is 6.07 Å². The largest absolute Gasteiger partial charge is 0.480 e. The third kappa shape index (κ3) is 0.726. The number of hydrogen-bond acceptors (Lipinski definition) is 2. The predicted octanol–water partition coefficient (Wildman–Crippen LogP) is 1.40. The molecule has 0 aromatic heterocycles. The Morgan fingerprint density at radius 1 is 1.58 bits per heavy atom. The molecule has 0 amide bonds. The van der Waals surface area contributed by atoms with Gasteiger partial charge < -0.3 is 5.11 Å². The van der Waals surface area contributed by atoms with Crippen molar-refractivity contribution in [2.75, 3.05) is 0 Å². The highest BCUT2D eigenvalue weighted by Crippen LogP contribution is 2.55. The minimum atomic E-state index is -1.02. The molecule has 2 bridgehead atoms. The zero-order chi connectivity index (χ0) is 8.77. The number of aliphatic carboxylic acids is 1. The molecule has 0 radical (unpaired) electrons. The minimum Gasteiger partial charge on any atom is -0.480 e. The fraction of sp³-hybridized carbons (Fsp3) is 0.778. The number of nitrogens with zero attached hydrogens (tertiary/aromatic N) is 1. The van der Waals surface area contributed by atoms with Crippen LogP contribution < -0.4 is 0 Å². The molecule has 0 aliphatic heterocycles. The van der Waals surface area contributed by atoms with Gasteiger partial charge in [-0.05, 0) is 31.1 Å². The molecular formula is C9H11NO2. The number of hydrogen-bond donors (Lipinski definition) is 1. The Balaban J connectivity index is 2.33. The number of rotatable bonds is 1. The fourth-order valence-electron chi connectivity index (χ4n) is 2.78. The van der Waals surface area contributed by atoms with Crippen molar-refractivity contribution in [1.82, 2.24) is 0 Å². The van der Waals surface area contributed by atoms with Crippen molar-refractivity contribution in [3.63, 3.8) is 0 Å².